The second kappa shape index (κ2) is 6.74. The molecule has 1 saturated heterocycles. The van der Waals surface area contributed by atoms with Crippen LogP contribution in [0.4, 0.5) is 0 Å². The number of hydrogen-bond acceptors (Lipinski definition) is 3. The molecule has 0 spiro atoms. The normalized spacial score (nSPS) is 20.5. The van der Waals surface area contributed by atoms with E-state index in [2.05, 4.69) is 4.90 Å². The molecular formula is C13H24N2O2. The van der Waals surface area contributed by atoms with E-state index in [-0.39, 0.29) is 11.7 Å². The molecule has 1 aliphatic rings. The van der Waals surface area contributed by atoms with Crippen LogP contribution in [0.25, 0.3) is 0 Å². The minimum Gasteiger partial charge on any atom is -0.349 e. The summed E-state index contributed by atoms with van der Waals surface area (Å²) in [4.78, 5) is 26.6. The largest absolute Gasteiger partial charge is 0.349 e. The molecule has 0 aromatic rings. The molecular weight excluding hydrogens is 216 g/mol. The fraction of sp³-hybridized carbons (Fsp3) is 0.846. The first-order chi connectivity index (χ1) is 8.00. The third kappa shape index (κ3) is 4.86. The third-order valence-corrected chi connectivity index (χ3v) is 3.36. The summed E-state index contributed by atoms with van der Waals surface area (Å²) >= 11 is 0. The molecule has 17 heavy (non-hydrogen) atoms. The van der Waals surface area contributed by atoms with Crippen molar-refractivity contribution < 1.29 is 9.59 Å². The highest BCUT2D eigenvalue weighted by Gasteiger charge is 2.24. The van der Waals surface area contributed by atoms with Gasteiger partial charge < -0.3 is 4.90 Å². The zero-order valence-corrected chi connectivity index (χ0v) is 11.2. The molecule has 4 nitrogen and oxygen atoms in total. The minimum atomic E-state index is 0.187. The average Bonchev–Trinajstić information content (AvgIpc) is 2.64. The third-order valence-electron chi connectivity index (χ3n) is 3.36. The number of rotatable bonds is 6. The van der Waals surface area contributed by atoms with Gasteiger partial charge in [-0.15, -0.1) is 0 Å². The predicted molar refractivity (Wildman–Crippen MR) is 67.8 cm³/mol. The summed E-state index contributed by atoms with van der Waals surface area (Å²) < 4.78 is 0. The fourth-order valence-corrected chi connectivity index (χ4v) is 2.41. The van der Waals surface area contributed by atoms with E-state index in [1.807, 2.05) is 0 Å². The predicted octanol–water partition coefficient (Wildman–Crippen LogP) is 1.30. The van der Waals surface area contributed by atoms with E-state index in [1.54, 1.807) is 25.9 Å². The van der Waals surface area contributed by atoms with Crippen molar-refractivity contribution >= 4 is 11.7 Å². The van der Waals surface area contributed by atoms with Crippen LogP contribution in [-0.4, -0.2) is 54.7 Å². The van der Waals surface area contributed by atoms with E-state index in [9.17, 15) is 9.59 Å². The van der Waals surface area contributed by atoms with Gasteiger partial charge in [0, 0.05) is 33.0 Å². The van der Waals surface area contributed by atoms with Gasteiger partial charge >= 0.3 is 0 Å². The van der Waals surface area contributed by atoms with E-state index in [1.165, 1.54) is 6.42 Å². The molecule has 98 valence electrons. The lowest BCUT2D eigenvalue weighted by Gasteiger charge is -2.23. The molecule has 0 aromatic heterocycles. The first kappa shape index (κ1) is 14.2. The molecule has 0 radical (unpaired) electrons. The summed E-state index contributed by atoms with van der Waals surface area (Å²) in [6.45, 7) is 3.68. The van der Waals surface area contributed by atoms with Crippen molar-refractivity contribution in [2.45, 2.75) is 45.1 Å². The van der Waals surface area contributed by atoms with Crippen molar-refractivity contribution in [3.8, 4) is 0 Å². The van der Waals surface area contributed by atoms with Gasteiger partial charge in [0.25, 0.3) is 0 Å². The molecule has 0 aromatic carbocycles. The fourth-order valence-electron chi connectivity index (χ4n) is 2.41. The minimum absolute atomic E-state index is 0.187. The highest BCUT2D eigenvalue weighted by Crippen LogP contribution is 2.20. The van der Waals surface area contributed by atoms with Crippen LogP contribution < -0.4 is 0 Å². The maximum Gasteiger partial charge on any atom is 0.222 e. The zero-order valence-electron chi connectivity index (χ0n) is 11.2. The van der Waals surface area contributed by atoms with Gasteiger partial charge in [-0.05, 0) is 39.3 Å². The molecule has 1 atom stereocenters. The second-order valence-corrected chi connectivity index (χ2v) is 5.13. The molecule has 0 aliphatic carbocycles. The van der Waals surface area contributed by atoms with Crippen molar-refractivity contribution in [2.75, 3.05) is 27.2 Å². The summed E-state index contributed by atoms with van der Waals surface area (Å²) in [6, 6.07) is 0.418. The Morgan fingerprint density at radius 1 is 1.35 bits per heavy atom. The lowest BCUT2D eigenvalue weighted by Crippen LogP contribution is -2.32. The van der Waals surface area contributed by atoms with Gasteiger partial charge in [-0.2, -0.15) is 0 Å². The molecule has 1 amide bonds. The summed E-state index contributed by atoms with van der Waals surface area (Å²) in [5, 5.41) is 0. The molecule has 1 unspecified atom stereocenters. The van der Waals surface area contributed by atoms with Crippen molar-refractivity contribution in [1.82, 2.24) is 9.80 Å². The van der Waals surface area contributed by atoms with Crippen LogP contribution in [0, 0.1) is 0 Å². The standard InChI is InChI=1S/C13H24N2O2/c1-11(16)10-12-6-4-8-15(12)9-5-7-13(17)14(2)3/h12H,4-10H2,1-3H3. The Balaban J connectivity index is 2.26. The first-order valence-electron chi connectivity index (χ1n) is 6.44. The van der Waals surface area contributed by atoms with E-state index in [0.717, 1.165) is 25.9 Å². The number of likely N-dealkylation sites (tertiary alicyclic amines) is 1. The van der Waals surface area contributed by atoms with Gasteiger partial charge in [-0.25, -0.2) is 0 Å². The smallest absolute Gasteiger partial charge is 0.222 e. The van der Waals surface area contributed by atoms with Crippen LogP contribution in [0.5, 0.6) is 0 Å². The van der Waals surface area contributed by atoms with Gasteiger partial charge in [0.15, 0.2) is 0 Å². The number of ketones is 1. The number of hydrogen-bond donors (Lipinski definition) is 0. The Morgan fingerprint density at radius 2 is 2.06 bits per heavy atom. The number of carbonyl (C=O) groups excluding carboxylic acids is 2. The molecule has 1 aliphatic heterocycles. The van der Waals surface area contributed by atoms with Crippen molar-refractivity contribution in [1.29, 1.82) is 0 Å². The Hall–Kier alpha value is -0.900. The average molecular weight is 240 g/mol. The van der Waals surface area contributed by atoms with Gasteiger partial charge in [0.2, 0.25) is 5.91 Å². The van der Waals surface area contributed by atoms with Crippen LogP contribution in [0.1, 0.15) is 39.0 Å². The van der Waals surface area contributed by atoms with Gasteiger partial charge in [-0.3, -0.25) is 14.5 Å². The Kier molecular flexibility index (Phi) is 5.62. The van der Waals surface area contributed by atoms with Crippen molar-refractivity contribution in [3.63, 3.8) is 0 Å². The Morgan fingerprint density at radius 3 is 2.65 bits per heavy atom. The first-order valence-corrected chi connectivity index (χ1v) is 6.44. The summed E-state index contributed by atoms with van der Waals surface area (Å²) in [6.07, 6.45) is 4.48. The Labute approximate surface area is 104 Å². The number of amides is 1. The Bertz CT molecular complexity index is 277. The lowest BCUT2D eigenvalue weighted by molar-refractivity contribution is -0.129. The highest BCUT2D eigenvalue weighted by atomic mass is 16.2. The molecule has 1 fully saturated rings. The highest BCUT2D eigenvalue weighted by molar-refractivity contribution is 5.76. The van der Waals surface area contributed by atoms with Crippen LogP contribution in [0.3, 0.4) is 0 Å². The maximum absolute atomic E-state index is 11.4. The summed E-state index contributed by atoms with van der Waals surface area (Å²) in [7, 11) is 3.58. The molecule has 1 rings (SSSR count). The van der Waals surface area contributed by atoms with Crippen molar-refractivity contribution in [2.24, 2.45) is 0 Å². The van der Waals surface area contributed by atoms with Crippen molar-refractivity contribution in [3.05, 3.63) is 0 Å². The number of carbonyl (C=O) groups is 2. The zero-order chi connectivity index (χ0) is 12.8. The van der Waals surface area contributed by atoms with Crippen LogP contribution >= 0.6 is 0 Å². The number of Topliss-reactive ketones (excluding diaryl/α,β-unsaturated/α-hetero) is 1. The molecule has 0 saturated carbocycles. The van der Waals surface area contributed by atoms with E-state index in [0.29, 0.717) is 18.9 Å². The van der Waals surface area contributed by atoms with E-state index >= 15 is 0 Å². The van der Waals surface area contributed by atoms with Gasteiger partial charge in [0.1, 0.15) is 5.78 Å². The summed E-state index contributed by atoms with van der Waals surface area (Å²) in [5.74, 6) is 0.457. The van der Waals surface area contributed by atoms with Gasteiger partial charge in [-0.1, -0.05) is 0 Å². The SMILES string of the molecule is CC(=O)CC1CCCN1CCCC(=O)N(C)C. The van der Waals surface area contributed by atoms with E-state index in [4.69, 9.17) is 0 Å². The topological polar surface area (TPSA) is 40.6 Å². The maximum atomic E-state index is 11.4. The molecule has 4 heteroatoms. The van der Waals surface area contributed by atoms with Crippen LogP contribution in [0.2, 0.25) is 0 Å². The van der Waals surface area contributed by atoms with Crippen LogP contribution in [0.15, 0.2) is 0 Å². The molecule has 0 bridgehead atoms. The molecule has 1 heterocycles. The monoisotopic (exact) mass is 240 g/mol. The van der Waals surface area contributed by atoms with Gasteiger partial charge in [0.05, 0.1) is 0 Å². The number of nitrogens with zero attached hydrogens (tertiary/aromatic N) is 2. The second-order valence-electron chi connectivity index (χ2n) is 5.13. The molecule has 0 N–H and O–H groups in total. The summed E-state index contributed by atoms with van der Waals surface area (Å²) in [5.41, 5.74) is 0. The van der Waals surface area contributed by atoms with Crippen LogP contribution in [-0.2, 0) is 9.59 Å². The quantitative estimate of drug-likeness (QED) is 0.702. The lowest BCUT2D eigenvalue weighted by atomic mass is 10.1. The van der Waals surface area contributed by atoms with E-state index < -0.39 is 0 Å².